The van der Waals surface area contributed by atoms with Crippen LogP contribution in [0.3, 0.4) is 0 Å². The molecule has 3 atom stereocenters. The van der Waals surface area contributed by atoms with E-state index >= 15 is 0 Å². The van der Waals surface area contributed by atoms with Gasteiger partial charge >= 0.3 is 5.97 Å². The maximum absolute atomic E-state index is 10.9. The van der Waals surface area contributed by atoms with E-state index in [0.29, 0.717) is 11.6 Å². The number of aliphatic carboxylic acids is 1. The largest absolute Gasteiger partial charge is 0.481 e. The number of carbonyl (C=O) groups is 3. The minimum atomic E-state index is -1.03. The van der Waals surface area contributed by atoms with Gasteiger partial charge in [-0.3, -0.25) is 4.79 Å². The molecule has 0 saturated heterocycles. The lowest BCUT2D eigenvalue weighted by molar-refractivity contribution is -0.143. The second-order valence-electron chi connectivity index (χ2n) is 3.11. The van der Waals surface area contributed by atoms with Crippen molar-refractivity contribution >= 4 is 50.4 Å². The Balaban J connectivity index is 4.56. The van der Waals surface area contributed by atoms with Crippen LogP contribution in [0.2, 0.25) is 0 Å². The Morgan fingerprint density at radius 2 is 1.80 bits per heavy atom. The van der Waals surface area contributed by atoms with Crippen LogP contribution in [0.4, 0.5) is 0 Å². The Morgan fingerprint density at radius 1 is 1.27 bits per heavy atom. The van der Waals surface area contributed by atoms with Crippen molar-refractivity contribution in [2.75, 3.05) is 5.33 Å². The zero-order chi connectivity index (χ0) is 11.8. The van der Waals surface area contributed by atoms with Crippen molar-refractivity contribution in [2.24, 2.45) is 11.8 Å². The first-order valence-electron chi connectivity index (χ1n) is 4.38. The Bertz CT molecular complexity index is 232. The van der Waals surface area contributed by atoms with Crippen LogP contribution in [-0.4, -0.2) is 33.8 Å². The maximum atomic E-state index is 10.9. The van der Waals surface area contributed by atoms with E-state index in [-0.39, 0.29) is 23.6 Å². The van der Waals surface area contributed by atoms with Crippen molar-refractivity contribution in [1.29, 1.82) is 0 Å². The summed E-state index contributed by atoms with van der Waals surface area (Å²) < 4.78 is 0. The minimum Gasteiger partial charge on any atom is -0.481 e. The van der Waals surface area contributed by atoms with Crippen LogP contribution in [0.5, 0.6) is 0 Å². The molecule has 0 spiro atoms. The van der Waals surface area contributed by atoms with Crippen LogP contribution in [0.1, 0.15) is 12.8 Å². The summed E-state index contributed by atoms with van der Waals surface area (Å²) >= 11 is 6.46. The molecule has 86 valence electrons. The van der Waals surface area contributed by atoms with Crippen molar-refractivity contribution < 1.29 is 19.5 Å². The fourth-order valence-corrected chi connectivity index (χ4v) is 3.21. The lowest BCUT2D eigenvalue weighted by Gasteiger charge is -2.23. The normalized spacial score (nSPS) is 16.4. The van der Waals surface area contributed by atoms with Crippen LogP contribution < -0.4 is 0 Å². The molecular formula is C9H12Br2O4. The predicted molar refractivity (Wildman–Crippen MR) is 62.5 cm³/mol. The van der Waals surface area contributed by atoms with Gasteiger partial charge in [0, 0.05) is 23.0 Å². The van der Waals surface area contributed by atoms with E-state index in [9.17, 15) is 14.4 Å². The number of hydrogen-bond donors (Lipinski definition) is 1. The summed E-state index contributed by atoms with van der Waals surface area (Å²) in [6, 6.07) is 0. The predicted octanol–water partition coefficient (Wildman–Crippen LogP) is 1.64. The van der Waals surface area contributed by atoms with Gasteiger partial charge in [0.25, 0.3) is 0 Å². The quantitative estimate of drug-likeness (QED) is 0.537. The lowest BCUT2D eigenvalue weighted by Crippen LogP contribution is -2.31. The van der Waals surface area contributed by atoms with Crippen LogP contribution in [0, 0.1) is 11.8 Å². The van der Waals surface area contributed by atoms with Gasteiger partial charge < -0.3 is 14.7 Å². The van der Waals surface area contributed by atoms with Crippen LogP contribution >= 0.6 is 31.9 Å². The standard InChI is InChI=1S/C9H12Br2O4/c10-5-6(1-3-12)8(11)7(2-4-13)9(14)15/h3-4,6-8H,1-2,5H2,(H,14,15). The Labute approximate surface area is 105 Å². The van der Waals surface area contributed by atoms with Crippen LogP contribution in [-0.2, 0) is 14.4 Å². The zero-order valence-corrected chi connectivity index (χ0v) is 11.1. The molecule has 0 aromatic carbocycles. The number of aldehydes is 2. The average Bonchev–Trinajstić information content (AvgIpc) is 2.21. The van der Waals surface area contributed by atoms with Crippen LogP contribution in [0.25, 0.3) is 0 Å². The monoisotopic (exact) mass is 342 g/mol. The third kappa shape index (κ3) is 4.88. The fraction of sp³-hybridized carbons (Fsp3) is 0.667. The highest BCUT2D eigenvalue weighted by molar-refractivity contribution is 9.10. The van der Waals surface area contributed by atoms with Crippen LogP contribution in [0.15, 0.2) is 0 Å². The second-order valence-corrected chi connectivity index (χ2v) is 4.81. The number of hydrogen-bond acceptors (Lipinski definition) is 3. The first kappa shape index (κ1) is 14.8. The highest BCUT2D eigenvalue weighted by Gasteiger charge is 2.31. The summed E-state index contributed by atoms with van der Waals surface area (Å²) in [7, 11) is 0. The van der Waals surface area contributed by atoms with E-state index < -0.39 is 11.9 Å². The van der Waals surface area contributed by atoms with Gasteiger partial charge in [0.2, 0.25) is 0 Å². The molecule has 0 amide bonds. The van der Waals surface area contributed by atoms with Gasteiger partial charge in [-0.2, -0.15) is 0 Å². The molecule has 4 nitrogen and oxygen atoms in total. The molecule has 0 aromatic rings. The summed E-state index contributed by atoms with van der Waals surface area (Å²) in [5, 5.41) is 9.41. The molecule has 0 heterocycles. The SMILES string of the molecule is O=CCC(CBr)C(Br)C(CC=O)C(=O)O. The highest BCUT2D eigenvalue weighted by atomic mass is 79.9. The molecule has 3 unspecified atom stereocenters. The average molecular weight is 344 g/mol. The molecule has 0 aliphatic rings. The Morgan fingerprint density at radius 3 is 2.13 bits per heavy atom. The van der Waals surface area contributed by atoms with E-state index in [2.05, 4.69) is 31.9 Å². The second kappa shape index (κ2) is 7.98. The van der Waals surface area contributed by atoms with E-state index in [1.54, 1.807) is 0 Å². The van der Waals surface area contributed by atoms with Gasteiger partial charge in [0.15, 0.2) is 0 Å². The zero-order valence-electron chi connectivity index (χ0n) is 7.94. The molecule has 0 saturated carbocycles. The minimum absolute atomic E-state index is 0.0480. The molecule has 0 rings (SSSR count). The molecule has 0 aliphatic carbocycles. The molecule has 0 fully saturated rings. The van der Waals surface area contributed by atoms with E-state index in [0.717, 1.165) is 6.29 Å². The molecule has 6 heteroatoms. The summed E-state index contributed by atoms with van der Waals surface area (Å²) in [5.41, 5.74) is 0. The molecular weight excluding hydrogens is 332 g/mol. The number of carbonyl (C=O) groups excluding carboxylic acids is 2. The third-order valence-electron chi connectivity index (χ3n) is 2.10. The number of carboxylic acids is 1. The first-order chi connectivity index (χ1) is 7.08. The van der Waals surface area contributed by atoms with Crippen molar-refractivity contribution in [3.8, 4) is 0 Å². The van der Waals surface area contributed by atoms with Gasteiger partial charge in [-0.25, -0.2) is 0 Å². The molecule has 0 aliphatic heterocycles. The Hall–Kier alpha value is -0.230. The summed E-state index contributed by atoms with van der Waals surface area (Å²) in [5.74, 6) is -1.94. The fourth-order valence-electron chi connectivity index (χ4n) is 1.20. The van der Waals surface area contributed by atoms with E-state index in [4.69, 9.17) is 5.11 Å². The third-order valence-corrected chi connectivity index (χ3v) is 4.32. The van der Waals surface area contributed by atoms with Crippen molar-refractivity contribution in [1.82, 2.24) is 0 Å². The molecule has 1 N–H and O–H groups in total. The van der Waals surface area contributed by atoms with Gasteiger partial charge in [-0.05, 0) is 5.92 Å². The number of rotatable bonds is 8. The molecule has 15 heavy (non-hydrogen) atoms. The summed E-state index contributed by atoms with van der Waals surface area (Å²) in [6.45, 7) is 0. The topological polar surface area (TPSA) is 71.4 Å². The number of halogens is 2. The molecule has 0 bridgehead atoms. The molecule has 0 radical (unpaired) electrons. The molecule has 0 aromatic heterocycles. The smallest absolute Gasteiger partial charge is 0.308 e. The Kier molecular flexibility index (Phi) is 7.86. The van der Waals surface area contributed by atoms with Gasteiger partial charge in [-0.1, -0.05) is 31.9 Å². The lowest BCUT2D eigenvalue weighted by atomic mass is 9.92. The van der Waals surface area contributed by atoms with E-state index in [1.807, 2.05) is 0 Å². The van der Waals surface area contributed by atoms with Crippen molar-refractivity contribution in [3.63, 3.8) is 0 Å². The number of alkyl halides is 2. The van der Waals surface area contributed by atoms with E-state index in [1.165, 1.54) is 0 Å². The highest BCUT2D eigenvalue weighted by Crippen LogP contribution is 2.27. The van der Waals surface area contributed by atoms with Crippen molar-refractivity contribution in [3.05, 3.63) is 0 Å². The first-order valence-corrected chi connectivity index (χ1v) is 6.42. The maximum Gasteiger partial charge on any atom is 0.308 e. The van der Waals surface area contributed by atoms with Crippen molar-refractivity contribution in [2.45, 2.75) is 17.7 Å². The summed E-state index contributed by atoms with van der Waals surface area (Å²) in [6.07, 6.45) is 1.55. The number of carboxylic acid groups (broad SMARTS) is 1. The summed E-state index contributed by atoms with van der Waals surface area (Å²) in [4.78, 5) is 31.2. The van der Waals surface area contributed by atoms with Gasteiger partial charge in [-0.15, -0.1) is 0 Å². The van der Waals surface area contributed by atoms with Gasteiger partial charge in [0.05, 0.1) is 5.92 Å². The van der Waals surface area contributed by atoms with Gasteiger partial charge in [0.1, 0.15) is 12.6 Å².